The Bertz CT molecular complexity index is 1560. The topological polar surface area (TPSA) is 136 Å². The van der Waals surface area contributed by atoms with E-state index in [1.165, 1.54) is 4.68 Å². The minimum Gasteiger partial charge on any atom is -0.359 e. The zero-order chi connectivity index (χ0) is 27.5. The molecule has 1 aromatic carbocycles. The van der Waals surface area contributed by atoms with Crippen molar-refractivity contribution in [3.63, 3.8) is 0 Å². The van der Waals surface area contributed by atoms with Gasteiger partial charge in [-0.3, -0.25) is 9.59 Å². The van der Waals surface area contributed by atoms with Crippen LogP contribution in [0.2, 0.25) is 0 Å². The summed E-state index contributed by atoms with van der Waals surface area (Å²) in [7, 11) is -3.64. The van der Waals surface area contributed by atoms with E-state index < -0.39 is 45.5 Å². The number of nitrogens with one attached hydrogen (secondary N) is 2. The first-order chi connectivity index (χ1) is 17.7. The van der Waals surface area contributed by atoms with E-state index in [-0.39, 0.29) is 30.0 Å². The summed E-state index contributed by atoms with van der Waals surface area (Å²) in [6.07, 6.45) is -3.04. The number of hydrogen-bond acceptors (Lipinski definition) is 7. The number of anilines is 1. The summed E-state index contributed by atoms with van der Waals surface area (Å²) in [6, 6.07) is 6.70. The van der Waals surface area contributed by atoms with Gasteiger partial charge in [0, 0.05) is 25.2 Å². The summed E-state index contributed by atoms with van der Waals surface area (Å²) >= 11 is 0. The van der Waals surface area contributed by atoms with Crippen LogP contribution in [0.25, 0.3) is 5.82 Å². The monoisotopic (exact) mass is 551 g/mol. The van der Waals surface area contributed by atoms with Crippen LogP contribution in [-0.2, 0) is 39.4 Å². The molecule has 2 amide bonds. The van der Waals surface area contributed by atoms with Crippen LogP contribution in [0.4, 0.5) is 19.0 Å². The Morgan fingerprint density at radius 1 is 1.29 bits per heavy atom. The van der Waals surface area contributed by atoms with E-state index in [0.29, 0.717) is 29.9 Å². The zero-order valence-corrected chi connectivity index (χ0v) is 21.3. The van der Waals surface area contributed by atoms with Crippen molar-refractivity contribution in [2.24, 2.45) is 0 Å². The number of aryl methyl sites for hydroxylation is 3. The molecule has 1 aliphatic carbocycles. The van der Waals surface area contributed by atoms with Gasteiger partial charge >= 0.3 is 6.18 Å². The highest BCUT2D eigenvalue weighted by atomic mass is 32.2. The van der Waals surface area contributed by atoms with Gasteiger partial charge in [-0.2, -0.15) is 23.0 Å². The molecule has 1 aliphatic heterocycles. The van der Waals surface area contributed by atoms with Crippen molar-refractivity contribution in [2.45, 2.75) is 50.7 Å². The first kappa shape index (κ1) is 25.9. The van der Waals surface area contributed by atoms with Crippen LogP contribution in [0.1, 0.15) is 51.3 Å². The van der Waals surface area contributed by atoms with Gasteiger partial charge in [0.15, 0.2) is 21.5 Å². The lowest BCUT2D eigenvalue weighted by Gasteiger charge is -2.35. The second kappa shape index (κ2) is 8.96. The number of amides is 2. The van der Waals surface area contributed by atoms with Crippen LogP contribution >= 0.6 is 0 Å². The Balaban J connectivity index is 1.51. The van der Waals surface area contributed by atoms with E-state index in [4.69, 9.17) is 4.52 Å². The fraction of sp³-hybridized carbons (Fsp3) is 0.417. The number of aromatic nitrogens is 3. The molecular formula is C24H24F3N5O5S. The largest absolute Gasteiger partial charge is 0.389 e. The zero-order valence-electron chi connectivity index (χ0n) is 20.5. The number of carbonyl (C=O) groups is 2. The molecule has 0 bridgehead atoms. The fourth-order valence-corrected chi connectivity index (χ4v) is 5.68. The Hall–Kier alpha value is -3.68. The number of fused-ring (bicyclic) bond motifs is 3. The molecule has 0 radical (unpaired) electrons. The third kappa shape index (κ3) is 5.04. The predicted octanol–water partition coefficient (Wildman–Crippen LogP) is 2.77. The fourth-order valence-electron chi connectivity index (χ4n) is 5.13. The molecule has 3 heterocycles. The standard InChI is InChI=1S/C24H24F3N5O5S/c1-13-9-18(31-37-13)32-21(28-19(33)12-38(2,35)36)20-17(30-32)11-23(29-22(20)34)7-6-15-10-14(3-4-16(15)23)5-8-24(25,26)27/h3-4,9-10H,5-8,11-12H2,1-2H3,(H,28,33)(H,29,34)/t23-/m0/s1. The normalized spacial score (nSPS) is 18.8. The molecule has 0 saturated heterocycles. The van der Waals surface area contributed by atoms with Crippen LogP contribution in [0.15, 0.2) is 28.8 Å². The molecule has 0 unspecified atom stereocenters. The predicted molar refractivity (Wildman–Crippen MR) is 129 cm³/mol. The third-order valence-electron chi connectivity index (χ3n) is 6.69. The lowest BCUT2D eigenvalue weighted by atomic mass is 9.82. The molecule has 10 nitrogen and oxygen atoms in total. The van der Waals surface area contributed by atoms with Crippen LogP contribution in [0, 0.1) is 6.92 Å². The second-order valence-corrected chi connectivity index (χ2v) is 12.0. The molecular weight excluding hydrogens is 527 g/mol. The summed E-state index contributed by atoms with van der Waals surface area (Å²) in [5.74, 6) is -1.55. The van der Waals surface area contributed by atoms with Gasteiger partial charge in [0.1, 0.15) is 17.1 Å². The Morgan fingerprint density at radius 2 is 2.05 bits per heavy atom. The number of halogens is 3. The molecule has 2 aromatic heterocycles. The number of rotatable bonds is 6. The molecule has 1 atom stereocenters. The van der Waals surface area contributed by atoms with Crippen LogP contribution < -0.4 is 10.6 Å². The van der Waals surface area contributed by atoms with E-state index in [2.05, 4.69) is 20.9 Å². The number of alkyl halides is 3. The summed E-state index contributed by atoms with van der Waals surface area (Å²) in [5.41, 5.74) is 1.85. The molecule has 38 heavy (non-hydrogen) atoms. The molecule has 5 rings (SSSR count). The first-order valence-corrected chi connectivity index (χ1v) is 13.8. The van der Waals surface area contributed by atoms with Crippen LogP contribution in [-0.4, -0.2) is 53.4 Å². The van der Waals surface area contributed by atoms with Gasteiger partial charge in [-0.05, 0) is 42.9 Å². The lowest BCUT2D eigenvalue weighted by Crippen LogP contribution is -2.50. The van der Waals surface area contributed by atoms with E-state index in [9.17, 15) is 31.2 Å². The average molecular weight is 552 g/mol. The van der Waals surface area contributed by atoms with Gasteiger partial charge < -0.3 is 15.2 Å². The molecule has 14 heteroatoms. The van der Waals surface area contributed by atoms with Crippen molar-refractivity contribution in [1.82, 2.24) is 20.3 Å². The lowest BCUT2D eigenvalue weighted by molar-refractivity contribution is -0.134. The highest BCUT2D eigenvalue weighted by Crippen LogP contribution is 2.44. The second-order valence-electron chi connectivity index (χ2n) is 9.82. The van der Waals surface area contributed by atoms with Crippen LogP contribution in [0.3, 0.4) is 0 Å². The smallest absolute Gasteiger partial charge is 0.359 e. The average Bonchev–Trinajstić information content (AvgIpc) is 3.47. The summed E-state index contributed by atoms with van der Waals surface area (Å²) in [6.45, 7) is 1.65. The van der Waals surface area contributed by atoms with Crippen molar-refractivity contribution in [2.75, 3.05) is 17.3 Å². The minimum absolute atomic E-state index is 0.0324. The third-order valence-corrected chi connectivity index (χ3v) is 7.48. The Labute approximate surface area is 215 Å². The van der Waals surface area contributed by atoms with Gasteiger partial charge in [0.25, 0.3) is 5.91 Å². The van der Waals surface area contributed by atoms with Crippen molar-refractivity contribution in [3.8, 4) is 5.82 Å². The molecule has 0 saturated carbocycles. The highest BCUT2D eigenvalue weighted by Gasteiger charge is 2.47. The Kier molecular flexibility index (Phi) is 6.12. The maximum absolute atomic E-state index is 13.5. The highest BCUT2D eigenvalue weighted by molar-refractivity contribution is 7.91. The van der Waals surface area contributed by atoms with E-state index in [1.54, 1.807) is 31.2 Å². The summed E-state index contributed by atoms with van der Waals surface area (Å²) in [4.78, 5) is 26.0. The van der Waals surface area contributed by atoms with Gasteiger partial charge in [0.2, 0.25) is 5.91 Å². The molecule has 2 N–H and O–H groups in total. The van der Waals surface area contributed by atoms with E-state index >= 15 is 0 Å². The first-order valence-electron chi connectivity index (χ1n) is 11.8. The number of benzene rings is 1. The Morgan fingerprint density at radius 3 is 2.71 bits per heavy atom. The van der Waals surface area contributed by atoms with Gasteiger partial charge in [-0.15, -0.1) is 0 Å². The van der Waals surface area contributed by atoms with Gasteiger partial charge in [0.05, 0.1) is 11.2 Å². The number of hydrogen-bond donors (Lipinski definition) is 2. The van der Waals surface area contributed by atoms with E-state index in [1.807, 2.05) is 0 Å². The maximum Gasteiger partial charge on any atom is 0.389 e. The number of sulfone groups is 1. The molecule has 1 spiro atoms. The number of nitrogens with zero attached hydrogens (tertiary/aromatic N) is 3. The van der Waals surface area contributed by atoms with Crippen LogP contribution in [0.5, 0.6) is 0 Å². The van der Waals surface area contributed by atoms with Crippen molar-refractivity contribution in [3.05, 3.63) is 58.0 Å². The van der Waals surface area contributed by atoms with Crippen molar-refractivity contribution >= 4 is 27.5 Å². The van der Waals surface area contributed by atoms with Crippen molar-refractivity contribution in [1.29, 1.82) is 0 Å². The van der Waals surface area contributed by atoms with Crippen molar-refractivity contribution < 1.29 is 35.7 Å². The van der Waals surface area contributed by atoms with E-state index in [0.717, 1.165) is 17.4 Å². The molecule has 2 aliphatic rings. The molecule has 0 fully saturated rings. The SMILES string of the molecule is Cc1cc(-n2nc3c(c2NC(=O)CS(C)(=O)=O)C(=O)N[C@@]2(CCc4cc(CCC(F)(F)F)ccc42)C3)no1. The maximum atomic E-state index is 13.5. The summed E-state index contributed by atoms with van der Waals surface area (Å²) < 4.78 is 67.7. The molecule has 202 valence electrons. The van der Waals surface area contributed by atoms with Gasteiger partial charge in [-0.25, -0.2) is 8.42 Å². The van der Waals surface area contributed by atoms with Gasteiger partial charge in [-0.1, -0.05) is 23.4 Å². The quantitative estimate of drug-likeness (QED) is 0.481. The number of carbonyl (C=O) groups excluding carboxylic acids is 2. The summed E-state index contributed by atoms with van der Waals surface area (Å²) in [5, 5.41) is 14.0. The molecule has 3 aromatic rings. The minimum atomic E-state index is -4.25.